The van der Waals surface area contributed by atoms with E-state index in [9.17, 15) is 4.79 Å². The summed E-state index contributed by atoms with van der Waals surface area (Å²) in [4.78, 5) is 27.9. The molecule has 0 bridgehead atoms. The molecular formula is C21H20N6O. The highest BCUT2D eigenvalue weighted by atomic mass is 16.2. The fourth-order valence-electron chi connectivity index (χ4n) is 3.20. The van der Waals surface area contributed by atoms with Crippen molar-refractivity contribution < 1.29 is 4.79 Å². The average molecular weight is 372 g/mol. The van der Waals surface area contributed by atoms with Gasteiger partial charge in [-0.3, -0.25) is 9.48 Å². The molecular weight excluding hydrogens is 352 g/mol. The van der Waals surface area contributed by atoms with Crippen molar-refractivity contribution in [2.24, 2.45) is 7.05 Å². The van der Waals surface area contributed by atoms with Crippen LogP contribution in [0.2, 0.25) is 0 Å². The summed E-state index contributed by atoms with van der Waals surface area (Å²) >= 11 is 0. The van der Waals surface area contributed by atoms with E-state index in [4.69, 9.17) is 0 Å². The summed E-state index contributed by atoms with van der Waals surface area (Å²) in [7, 11) is 3.52. The molecule has 0 atom stereocenters. The molecule has 0 saturated heterocycles. The van der Waals surface area contributed by atoms with Crippen LogP contribution in [0.5, 0.6) is 0 Å². The molecule has 0 spiro atoms. The van der Waals surface area contributed by atoms with E-state index in [1.54, 1.807) is 42.1 Å². The highest BCUT2D eigenvalue weighted by Crippen LogP contribution is 2.26. The minimum Gasteiger partial charge on any atom is -0.310 e. The Morgan fingerprint density at radius 1 is 1.04 bits per heavy atom. The number of benzene rings is 1. The Morgan fingerprint density at radius 2 is 1.86 bits per heavy atom. The lowest BCUT2D eigenvalue weighted by atomic mass is 10.1. The summed E-state index contributed by atoms with van der Waals surface area (Å²) in [6.07, 6.45) is 3.36. The van der Waals surface area contributed by atoms with E-state index in [-0.39, 0.29) is 5.91 Å². The number of anilines is 1. The van der Waals surface area contributed by atoms with Crippen LogP contribution < -0.4 is 4.90 Å². The maximum Gasteiger partial charge on any atom is 0.276 e. The van der Waals surface area contributed by atoms with Gasteiger partial charge in [0.1, 0.15) is 11.2 Å². The largest absolute Gasteiger partial charge is 0.310 e. The first-order chi connectivity index (χ1) is 13.4. The molecule has 4 aromatic rings. The summed E-state index contributed by atoms with van der Waals surface area (Å²) < 4.78 is 1.57. The van der Waals surface area contributed by atoms with E-state index >= 15 is 0 Å². The number of hydrogen-bond donors (Lipinski definition) is 0. The van der Waals surface area contributed by atoms with Gasteiger partial charge < -0.3 is 4.90 Å². The maximum absolute atomic E-state index is 12.7. The zero-order valence-electron chi connectivity index (χ0n) is 16.2. The number of amides is 1. The molecule has 0 aliphatic heterocycles. The van der Waals surface area contributed by atoms with Gasteiger partial charge in [0.25, 0.3) is 5.91 Å². The number of aromatic nitrogens is 5. The van der Waals surface area contributed by atoms with E-state index in [0.29, 0.717) is 11.5 Å². The van der Waals surface area contributed by atoms with E-state index in [2.05, 4.69) is 20.1 Å². The molecule has 7 heteroatoms. The predicted octanol–water partition coefficient (Wildman–Crippen LogP) is 3.32. The van der Waals surface area contributed by atoms with Gasteiger partial charge in [0, 0.05) is 37.2 Å². The van der Waals surface area contributed by atoms with Gasteiger partial charge in [-0.25, -0.2) is 15.0 Å². The van der Waals surface area contributed by atoms with Gasteiger partial charge >= 0.3 is 0 Å². The van der Waals surface area contributed by atoms with Crippen LogP contribution in [-0.2, 0) is 7.05 Å². The second-order valence-corrected chi connectivity index (χ2v) is 6.76. The summed E-state index contributed by atoms with van der Waals surface area (Å²) in [5.41, 5.74) is 5.73. The molecule has 1 aromatic carbocycles. The smallest absolute Gasteiger partial charge is 0.276 e. The van der Waals surface area contributed by atoms with Crippen molar-refractivity contribution in [2.45, 2.75) is 13.8 Å². The highest BCUT2D eigenvalue weighted by molar-refractivity contribution is 6.05. The first-order valence-corrected chi connectivity index (χ1v) is 8.91. The van der Waals surface area contributed by atoms with Crippen molar-refractivity contribution in [3.05, 3.63) is 65.7 Å². The number of rotatable bonds is 3. The molecule has 1 amide bonds. The quantitative estimate of drug-likeness (QED) is 0.551. The summed E-state index contributed by atoms with van der Waals surface area (Å²) in [6, 6.07) is 11.4. The lowest BCUT2D eigenvalue weighted by molar-refractivity contribution is 0.0984. The lowest BCUT2D eigenvalue weighted by Gasteiger charge is -2.20. The van der Waals surface area contributed by atoms with E-state index in [1.807, 2.05) is 44.2 Å². The Balaban J connectivity index is 1.67. The molecule has 0 saturated carbocycles. The molecule has 0 aliphatic carbocycles. The SMILES string of the molecule is Cc1ccc2nc(-c3ccc(N(C)C(=O)c4ccnn4C)c(C)c3)ncc2n1. The van der Waals surface area contributed by atoms with Crippen LogP contribution >= 0.6 is 0 Å². The Labute approximate surface area is 162 Å². The first kappa shape index (κ1) is 17.8. The zero-order valence-corrected chi connectivity index (χ0v) is 16.2. The molecule has 28 heavy (non-hydrogen) atoms. The third kappa shape index (κ3) is 3.11. The molecule has 0 aliphatic rings. The van der Waals surface area contributed by atoms with Gasteiger partial charge in [0.05, 0.1) is 11.7 Å². The molecule has 140 valence electrons. The van der Waals surface area contributed by atoms with Crippen LogP contribution in [0.15, 0.2) is 48.8 Å². The molecule has 0 unspecified atom stereocenters. The summed E-state index contributed by atoms with van der Waals surface area (Å²) in [5.74, 6) is 0.521. The lowest BCUT2D eigenvalue weighted by Crippen LogP contribution is -2.28. The van der Waals surface area contributed by atoms with Crippen molar-refractivity contribution >= 4 is 22.6 Å². The molecule has 0 fully saturated rings. The topological polar surface area (TPSA) is 76.8 Å². The number of nitrogens with zero attached hydrogens (tertiary/aromatic N) is 6. The zero-order chi connectivity index (χ0) is 19.8. The van der Waals surface area contributed by atoms with Crippen LogP contribution in [-0.4, -0.2) is 37.7 Å². The van der Waals surface area contributed by atoms with E-state index in [0.717, 1.165) is 33.5 Å². The van der Waals surface area contributed by atoms with E-state index in [1.165, 1.54) is 0 Å². The van der Waals surface area contributed by atoms with Crippen LogP contribution in [0, 0.1) is 13.8 Å². The number of carbonyl (C=O) groups excluding carboxylic acids is 1. The number of aryl methyl sites for hydroxylation is 3. The van der Waals surface area contributed by atoms with Gasteiger partial charge in [0.15, 0.2) is 5.82 Å². The van der Waals surface area contributed by atoms with Gasteiger partial charge in [-0.15, -0.1) is 0 Å². The normalized spacial score (nSPS) is 11.0. The second-order valence-electron chi connectivity index (χ2n) is 6.76. The number of fused-ring (bicyclic) bond motifs is 1. The summed E-state index contributed by atoms with van der Waals surface area (Å²) in [5, 5.41) is 4.07. The Hall–Kier alpha value is -3.61. The van der Waals surface area contributed by atoms with Crippen LogP contribution in [0.4, 0.5) is 5.69 Å². The van der Waals surface area contributed by atoms with Crippen molar-refractivity contribution in [3.63, 3.8) is 0 Å². The third-order valence-electron chi connectivity index (χ3n) is 4.74. The average Bonchev–Trinajstić information content (AvgIpc) is 3.12. The summed E-state index contributed by atoms with van der Waals surface area (Å²) in [6.45, 7) is 3.91. The molecule has 7 nitrogen and oxygen atoms in total. The molecule has 4 rings (SSSR count). The molecule has 3 aromatic heterocycles. The predicted molar refractivity (Wildman–Crippen MR) is 108 cm³/mol. The maximum atomic E-state index is 12.7. The van der Waals surface area contributed by atoms with Gasteiger partial charge in [-0.1, -0.05) is 0 Å². The second kappa shape index (κ2) is 6.84. The molecule has 3 heterocycles. The van der Waals surface area contributed by atoms with Crippen molar-refractivity contribution in [1.29, 1.82) is 0 Å². The van der Waals surface area contributed by atoms with Gasteiger partial charge in [0.2, 0.25) is 0 Å². The number of pyridine rings is 1. The Morgan fingerprint density at radius 3 is 2.57 bits per heavy atom. The van der Waals surface area contributed by atoms with Gasteiger partial charge in [-0.2, -0.15) is 5.10 Å². The fourth-order valence-corrected chi connectivity index (χ4v) is 3.20. The first-order valence-electron chi connectivity index (χ1n) is 8.91. The van der Waals surface area contributed by atoms with E-state index < -0.39 is 0 Å². The third-order valence-corrected chi connectivity index (χ3v) is 4.74. The molecule has 0 radical (unpaired) electrons. The number of carbonyl (C=O) groups is 1. The van der Waals surface area contributed by atoms with Crippen molar-refractivity contribution in [2.75, 3.05) is 11.9 Å². The Bertz CT molecular complexity index is 1200. The Kier molecular flexibility index (Phi) is 4.35. The monoisotopic (exact) mass is 372 g/mol. The fraction of sp³-hybridized carbons (Fsp3) is 0.190. The van der Waals surface area contributed by atoms with Crippen LogP contribution in [0.1, 0.15) is 21.7 Å². The van der Waals surface area contributed by atoms with Crippen molar-refractivity contribution in [3.8, 4) is 11.4 Å². The number of hydrogen-bond acceptors (Lipinski definition) is 5. The van der Waals surface area contributed by atoms with Gasteiger partial charge in [-0.05, 0) is 55.8 Å². The van der Waals surface area contributed by atoms with Crippen LogP contribution in [0.25, 0.3) is 22.4 Å². The highest BCUT2D eigenvalue weighted by Gasteiger charge is 2.18. The molecule has 0 N–H and O–H groups in total. The van der Waals surface area contributed by atoms with Crippen LogP contribution in [0.3, 0.4) is 0 Å². The minimum atomic E-state index is -0.112. The minimum absolute atomic E-state index is 0.112. The van der Waals surface area contributed by atoms with Crippen molar-refractivity contribution in [1.82, 2.24) is 24.7 Å². The standard InChI is InChI=1S/C21H20N6O/c1-13-11-15(20-22-12-17-16(25-20)7-5-14(2)24-17)6-8-18(13)26(3)21(28)19-9-10-23-27(19)4/h5-12H,1-4H3.